The molecule has 5 heteroatoms. The number of ether oxygens (including phenoxy) is 2. The van der Waals surface area contributed by atoms with Gasteiger partial charge in [-0.3, -0.25) is 4.79 Å². The first-order valence-electron chi connectivity index (χ1n) is 6.12. The van der Waals surface area contributed by atoms with Crippen LogP contribution in [-0.2, 0) is 0 Å². The Bertz CT molecular complexity index is 460. The van der Waals surface area contributed by atoms with Crippen molar-refractivity contribution in [2.75, 3.05) is 14.2 Å². The fourth-order valence-corrected chi connectivity index (χ4v) is 2.57. The lowest BCUT2D eigenvalue weighted by Gasteiger charge is -2.17. The molecule has 0 aliphatic heterocycles. The molecule has 0 fully saturated rings. The predicted molar refractivity (Wildman–Crippen MR) is 79.0 cm³/mol. The molecule has 19 heavy (non-hydrogen) atoms. The van der Waals surface area contributed by atoms with E-state index in [4.69, 9.17) is 15.2 Å². The van der Waals surface area contributed by atoms with E-state index in [0.717, 1.165) is 0 Å². The number of carbonyl (C=O) groups excluding carboxylic acids is 1. The van der Waals surface area contributed by atoms with Crippen molar-refractivity contribution in [1.29, 1.82) is 0 Å². The summed E-state index contributed by atoms with van der Waals surface area (Å²) in [6, 6.07) is 2.89. The molecule has 0 saturated carbocycles. The maximum atomic E-state index is 12.3. The van der Waals surface area contributed by atoms with E-state index in [0.29, 0.717) is 33.9 Å². The third-order valence-corrected chi connectivity index (χ3v) is 3.56. The highest BCUT2D eigenvalue weighted by molar-refractivity contribution is 9.10. The van der Waals surface area contributed by atoms with E-state index in [9.17, 15) is 4.79 Å². The molecule has 0 radical (unpaired) electrons. The van der Waals surface area contributed by atoms with Crippen LogP contribution >= 0.6 is 15.9 Å². The number of halogens is 1. The average Bonchev–Trinajstić information content (AvgIpc) is 2.36. The summed E-state index contributed by atoms with van der Waals surface area (Å²) in [7, 11) is 3.08. The van der Waals surface area contributed by atoms with Crippen molar-refractivity contribution in [3.05, 3.63) is 22.2 Å². The van der Waals surface area contributed by atoms with Crippen LogP contribution in [-0.4, -0.2) is 26.0 Å². The molecule has 2 N–H and O–H groups in total. The minimum Gasteiger partial charge on any atom is -0.495 e. The van der Waals surface area contributed by atoms with Gasteiger partial charge in [0.1, 0.15) is 16.0 Å². The SMILES string of the molecule is COc1ccc(C(=O)C(N)CC(C)C)c(OC)c1Br. The zero-order valence-electron chi connectivity index (χ0n) is 11.7. The van der Waals surface area contributed by atoms with Gasteiger partial charge in [-0.05, 0) is 40.4 Å². The second-order valence-electron chi connectivity index (χ2n) is 4.76. The zero-order chi connectivity index (χ0) is 14.6. The molecule has 1 unspecified atom stereocenters. The van der Waals surface area contributed by atoms with Crippen LogP contribution in [0.2, 0.25) is 0 Å². The molecule has 1 aromatic rings. The number of Topliss-reactive ketones (excluding diaryl/α,β-unsaturated/α-hetero) is 1. The molecule has 4 nitrogen and oxygen atoms in total. The Balaban J connectivity index is 3.13. The summed E-state index contributed by atoms with van der Waals surface area (Å²) < 4.78 is 11.1. The summed E-state index contributed by atoms with van der Waals surface area (Å²) in [6.07, 6.45) is 0.644. The van der Waals surface area contributed by atoms with Crippen molar-refractivity contribution in [3.63, 3.8) is 0 Å². The van der Waals surface area contributed by atoms with Gasteiger partial charge in [-0.25, -0.2) is 0 Å². The molecule has 0 bridgehead atoms. The molecule has 0 amide bonds. The molecule has 1 atom stereocenters. The standard InChI is InChI=1S/C14H20BrNO3/c1-8(2)7-10(16)13(17)9-5-6-11(18-3)12(15)14(9)19-4/h5-6,8,10H,7,16H2,1-4H3. The van der Waals surface area contributed by atoms with Gasteiger partial charge in [0.2, 0.25) is 0 Å². The number of ketones is 1. The topological polar surface area (TPSA) is 61.5 Å². The molecular formula is C14H20BrNO3. The fourth-order valence-electron chi connectivity index (χ4n) is 1.90. The lowest BCUT2D eigenvalue weighted by atomic mass is 9.96. The van der Waals surface area contributed by atoms with Crippen molar-refractivity contribution in [1.82, 2.24) is 0 Å². The summed E-state index contributed by atoms with van der Waals surface area (Å²) >= 11 is 3.38. The largest absolute Gasteiger partial charge is 0.495 e. The minimum absolute atomic E-state index is 0.117. The van der Waals surface area contributed by atoms with E-state index in [1.165, 1.54) is 7.11 Å². The van der Waals surface area contributed by atoms with Crippen LogP contribution in [0.4, 0.5) is 0 Å². The van der Waals surface area contributed by atoms with Crippen molar-refractivity contribution in [3.8, 4) is 11.5 Å². The van der Waals surface area contributed by atoms with Crippen molar-refractivity contribution < 1.29 is 14.3 Å². The Kier molecular flexibility index (Phi) is 5.82. The first-order valence-corrected chi connectivity index (χ1v) is 6.91. The van der Waals surface area contributed by atoms with Gasteiger partial charge in [-0.2, -0.15) is 0 Å². The first-order chi connectivity index (χ1) is 8.92. The quantitative estimate of drug-likeness (QED) is 0.815. The molecular weight excluding hydrogens is 310 g/mol. The van der Waals surface area contributed by atoms with Gasteiger partial charge < -0.3 is 15.2 Å². The van der Waals surface area contributed by atoms with Crippen LogP contribution < -0.4 is 15.2 Å². The molecule has 0 saturated heterocycles. The van der Waals surface area contributed by atoms with E-state index in [1.807, 2.05) is 13.8 Å². The molecule has 0 heterocycles. The lowest BCUT2D eigenvalue weighted by Crippen LogP contribution is -2.32. The zero-order valence-corrected chi connectivity index (χ0v) is 13.3. The van der Waals surface area contributed by atoms with Gasteiger partial charge in [0.15, 0.2) is 5.78 Å². The maximum absolute atomic E-state index is 12.3. The molecule has 0 aromatic heterocycles. The van der Waals surface area contributed by atoms with Crippen molar-refractivity contribution in [2.24, 2.45) is 11.7 Å². The Labute approximate surface area is 122 Å². The third kappa shape index (κ3) is 3.70. The highest BCUT2D eigenvalue weighted by Gasteiger charge is 2.23. The third-order valence-electron chi connectivity index (χ3n) is 2.81. The van der Waals surface area contributed by atoms with Crippen LogP contribution in [0.15, 0.2) is 16.6 Å². The van der Waals surface area contributed by atoms with E-state index >= 15 is 0 Å². The number of hydrogen-bond donors (Lipinski definition) is 1. The van der Waals surface area contributed by atoms with Crippen molar-refractivity contribution in [2.45, 2.75) is 26.3 Å². The summed E-state index contributed by atoms with van der Waals surface area (Å²) in [4.78, 5) is 12.3. The Morgan fingerprint density at radius 3 is 2.42 bits per heavy atom. The monoisotopic (exact) mass is 329 g/mol. The average molecular weight is 330 g/mol. The Morgan fingerprint density at radius 1 is 1.32 bits per heavy atom. The summed E-state index contributed by atoms with van der Waals surface area (Å²) in [5, 5.41) is 0. The molecule has 0 aliphatic carbocycles. The van der Waals surface area contributed by atoms with Gasteiger partial charge in [-0.1, -0.05) is 13.8 Å². The normalized spacial score (nSPS) is 12.4. The van der Waals surface area contributed by atoms with Crippen molar-refractivity contribution >= 4 is 21.7 Å². The van der Waals surface area contributed by atoms with E-state index < -0.39 is 6.04 Å². The minimum atomic E-state index is -0.519. The second-order valence-corrected chi connectivity index (χ2v) is 5.56. The number of hydrogen-bond acceptors (Lipinski definition) is 4. The van der Waals surface area contributed by atoms with E-state index in [-0.39, 0.29) is 5.78 Å². The van der Waals surface area contributed by atoms with Gasteiger partial charge >= 0.3 is 0 Å². The number of methoxy groups -OCH3 is 2. The number of carbonyl (C=O) groups is 1. The Morgan fingerprint density at radius 2 is 1.95 bits per heavy atom. The molecule has 0 aliphatic rings. The van der Waals surface area contributed by atoms with Crippen LogP contribution in [0, 0.1) is 5.92 Å². The first kappa shape index (κ1) is 16.0. The van der Waals surface area contributed by atoms with Crippen LogP contribution in [0.3, 0.4) is 0 Å². The van der Waals surface area contributed by atoms with Gasteiger partial charge in [0, 0.05) is 0 Å². The van der Waals surface area contributed by atoms with E-state index in [2.05, 4.69) is 15.9 Å². The number of rotatable bonds is 6. The summed E-state index contributed by atoms with van der Waals surface area (Å²) in [5.74, 6) is 1.33. The predicted octanol–water partition coefficient (Wildman–Crippen LogP) is 3.02. The number of nitrogens with two attached hydrogens (primary N) is 1. The number of benzene rings is 1. The second kappa shape index (κ2) is 6.91. The highest BCUT2D eigenvalue weighted by Crippen LogP contribution is 2.37. The lowest BCUT2D eigenvalue weighted by molar-refractivity contribution is 0.0948. The van der Waals surface area contributed by atoms with Gasteiger partial charge in [-0.15, -0.1) is 0 Å². The van der Waals surface area contributed by atoms with Crippen LogP contribution in [0.1, 0.15) is 30.6 Å². The molecule has 106 valence electrons. The maximum Gasteiger partial charge on any atom is 0.183 e. The van der Waals surface area contributed by atoms with Crippen LogP contribution in [0.5, 0.6) is 11.5 Å². The smallest absolute Gasteiger partial charge is 0.183 e. The molecule has 1 rings (SSSR count). The van der Waals surface area contributed by atoms with Crippen LogP contribution in [0.25, 0.3) is 0 Å². The van der Waals surface area contributed by atoms with Gasteiger partial charge in [0.25, 0.3) is 0 Å². The fraction of sp³-hybridized carbons (Fsp3) is 0.500. The highest BCUT2D eigenvalue weighted by atomic mass is 79.9. The molecule has 1 aromatic carbocycles. The van der Waals surface area contributed by atoms with E-state index in [1.54, 1.807) is 19.2 Å². The molecule has 0 spiro atoms. The summed E-state index contributed by atoms with van der Waals surface area (Å²) in [5.41, 5.74) is 6.42. The van der Waals surface area contributed by atoms with Gasteiger partial charge in [0.05, 0.1) is 25.8 Å². The Hall–Kier alpha value is -1.07. The summed E-state index contributed by atoms with van der Waals surface area (Å²) in [6.45, 7) is 4.07.